The van der Waals surface area contributed by atoms with Gasteiger partial charge in [-0.1, -0.05) is 115 Å². The van der Waals surface area contributed by atoms with Crippen LogP contribution < -0.4 is 10.4 Å². The Balaban J connectivity index is 1.56. The number of rotatable bonds is 2. The highest BCUT2D eigenvalue weighted by atomic mass is 28.3. The molecule has 0 amide bonds. The molecule has 0 nitrogen and oxygen atoms in total. The Kier molecular flexibility index (Phi) is 3.80. The predicted molar refractivity (Wildman–Crippen MR) is 126 cm³/mol. The minimum atomic E-state index is -1.77. The molecule has 5 aliphatic rings. The zero-order valence-electron chi connectivity index (χ0n) is 17.2. The summed E-state index contributed by atoms with van der Waals surface area (Å²) in [5, 5.41) is 4.77. The highest BCUT2D eigenvalue weighted by Gasteiger charge is 2.55. The molecule has 1 saturated carbocycles. The lowest BCUT2D eigenvalue weighted by Crippen LogP contribution is -2.44. The molecule has 5 aliphatic carbocycles. The molecular weight excluding hydrogens is 364 g/mol. The van der Waals surface area contributed by atoms with E-state index in [9.17, 15) is 0 Å². The van der Waals surface area contributed by atoms with Crippen LogP contribution in [0.2, 0.25) is 18.6 Å². The molecule has 1 aromatic carbocycles. The number of fused-ring (bicyclic) bond motifs is 5. The lowest BCUT2D eigenvalue weighted by Gasteiger charge is -2.41. The van der Waals surface area contributed by atoms with Crippen molar-refractivity contribution in [2.45, 2.75) is 18.6 Å². The van der Waals surface area contributed by atoms with Crippen molar-refractivity contribution in [3.8, 4) is 0 Å². The summed E-state index contributed by atoms with van der Waals surface area (Å²) in [5.41, 5.74) is 2.25. The molecule has 29 heavy (non-hydrogen) atoms. The Hall–Kier alpha value is -2.38. The molecule has 0 spiro atoms. The lowest BCUT2D eigenvalue weighted by molar-refractivity contribution is 0.461. The smallest absolute Gasteiger partial charge is 0.0808 e. The number of hydrogen-bond acceptors (Lipinski definition) is 0. The molecule has 5 atom stereocenters. The van der Waals surface area contributed by atoms with Crippen LogP contribution in [-0.4, -0.2) is 8.07 Å². The summed E-state index contributed by atoms with van der Waals surface area (Å²) >= 11 is 0. The molecule has 1 heteroatoms. The van der Waals surface area contributed by atoms with Crippen molar-refractivity contribution >= 4 is 18.8 Å². The zero-order valence-corrected chi connectivity index (χ0v) is 18.2. The quantitative estimate of drug-likeness (QED) is 0.615. The molecule has 0 aromatic heterocycles. The molecule has 0 heterocycles. The first-order valence-electron chi connectivity index (χ1n) is 11.1. The van der Waals surface area contributed by atoms with Crippen LogP contribution in [0.3, 0.4) is 0 Å². The average Bonchev–Trinajstić information content (AvgIpc) is 3.28. The maximum atomic E-state index is 2.66. The van der Waals surface area contributed by atoms with Crippen molar-refractivity contribution < 1.29 is 0 Å². The van der Waals surface area contributed by atoms with Gasteiger partial charge in [-0.2, -0.15) is 0 Å². The van der Waals surface area contributed by atoms with E-state index in [1.54, 1.807) is 5.20 Å². The molecule has 0 aliphatic heterocycles. The SMILES string of the molecule is C[Si](C)(C1=c2ccccc2=C2C=CC=CC21)C1C2C=CC=CC2C2C=CC=CC21. The second kappa shape index (κ2) is 6.31. The van der Waals surface area contributed by atoms with Gasteiger partial charge in [0.2, 0.25) is 0 Å². The van der Waals surface area contributed by atoms with Gasteiger partial charge < -0.3 is 0 Å². The highest BCUT2D eigenvalue weighted by molar-refractivity contribution is 6.95. The van der Waals surface area contributed by atoms with Gasteiger partial charge in [-0.25, -0.2) is 0 Å². The fourth-order valence-corrected chi connectivity index (χ4v) is 12.0. The predicted octanol–water partition coefficient (Wildman–Crippen LogP) is 5.09. The van der Waals surface area contributed by atoms with Crippen LogP contribution in [0.1, 0.15) is 0 Å². The minimum Gasteiger partial charge on any atom is -0.0808 e. The van der Waals surface area contributed by atoms with E-state index in [1.165, 1.54) is 16.0 Å². The summed E-state index contributed by atoms with van der Waals surface area (Å²) in [6, 6.07) is 9.17. The van der Waals surface area contributed by atoms with E-state index in [0.29, 0.717) is 29.6 Å². The van der Waals surface area contributed by atoms with E-state index in [2.05, 4.69) is 110 Å². The first-order chi connectivity index (χ1) is 14.2. The van der Waals surface area contributed by atoms with Crippen LogP contribution in [0, 0.1) is 29.6 Å². The fraction of sp³-hybridized carbons (Fsp3) is 0.286. The van der Waals surface area contributed by atoms with Gasteiger partial charge in [-0.3, -0.25) is 0 Å². The van der Waals surface area contributed by atoms with Crippen molar-refractivity contribution in [3.05, 3.63) is 108 Å². The summed E-state index contributed by atoms with van der Waals surface area (Å²) < 4.78 is 0. The summed E-state index contributed by atoms with van der Waals surface area (Å²) in [4.78, 5) is 0. The third-order valence-electron chi connectivity index (χ3n) is 8.11. The summed E-state index contributed by atoms with van der Waals surface area (Å²) in [6.07, 6.45) is 28.5. The van der Waals surface area contributed by atoms with Gasteiger partial charge in [-0.05, 0) is 45.2 Å². The Morgan fingerprint density at radius 3 is 1.83 bits per heavy atom. The van der Waals surface area contributed by atoms with Gasteiger partial charge in [0.1, 0.15) is 0 Å². The molecule has 6 rings (SSSR count). The van der Waals surface area contributed by atoms with Crippen molar-refractivity contribution in [2.75, 3.05) is 0 Å². The fourth-order valence-electron chi connectivity index (χ4n) is 7.11. The van der Waals surface area contributed by atoms with Crippen LogP contribution in [0.4, 0.5) is 0 Å². The molecule has 144 valence electrons. The second-order valence-corrected chi connectivity index (χ2v) is 14.4. The van der Waals surface area contributed by atoms with Gasteiger partial charge >= 0.3 is 0 Å². The normalized spacial score (nSPS) is 35.7. The largest absolute Gasteiger partial charge is 0.0817 e. The topological polar surface area (TPSA) is 0 Å². The molecule has 0 N–H and O–H groups in total. The van der Waals surface area contributed by atoms with Crippen molar-refractivity contribution in [3.63, 3.8) is 0 Å². The standard InChI is InChI=1S/C28H28Si/c1-29(2,27-23-15-7-3-11-19(23)20-12-4-8-16-24(20)27)28-25-17-9-5-13-21(25)22-14-6-10-18-26(22)28/h3-20,23-25,27H,1-2H3. The second-order valence-electron chi connectivity index (χ2n) is 9.73. The van der Waals surface area contributed by atoms with Crippen LogP contribution in [-0.2, 0) is 0 Å². The van der Waals surface area contributed by atoms with Crippen molar-refractivity contribution in [1.82, 2.24) is 0 Å². The number of allylic oxidation sites excluding steroid dienone is 12. The Morgan fingerprint density at radius 2 is 1.17 bits per heavy atom. The molecule has 1 fully saturated rings. The highest BCUT2D eigenvalue weighted by Crippen LogP contribution is 2.60. The molecule has 0 saturated heterocycles. The maximum absolute atomic E-state index is 2.66. The van der Waals surface area contributed by atoms with Crippen LogP contribution in [0.15, 0.2) is 97.2 Å². The van der Waals surface area contributed by atoms with E-state index in [4.69, 9.17) is 0 Å². The lowest BCUT2D eigenvalue weighted by atomic mass is 9.83. The Labute approximate surface area is 174 Å². The van der Waals surface area contributed by atoms with Crippen molar-refractivity contribution in [2.24, 2.45) is 29.6 Å². The van der Waals surface area contributed by atoms with Gasteiger partial charge in [0.05, 0.1) is 8.07 Å². The van der Waals surface area contributed by atoms with Crippen LogP contribution in [0.5, 0.6) is 0 Å². The van der Waals surface area contributed by atoms with Crippen molar-refractivity contribution in [1.29, 1.82) is 0 Å². The third-order valence-corrected chi connectivity index (χ3v) is 12.5. The third kappa shape index (κ3) is 2.37. The van der Waals surface area contributed by atoms with E-state index in [0.717, 1.165) is 5.54 Å². The summed E-state index contributed by atoms with van der Waals surface area (Å²) in [7, 11) is -1.77. The first kappa shape index (κ1) is 17.5. The first-order valence-corrected chi connectivity index (χ1v) is 14.1. The zero-order chi connectivity index (χ0) is 19.6. The summed E-state index contributed by atoms with van der Waals surface area (Å²) in [6.45, 7) is 5.33. The summed E-state index contributed by atoms with van der Waals surface area (Å²) in [5.74, 6) is 3.12. The van der Waals surface area contributed by atoms with E-state index in [-0.39, 0.29) is 0 Å². The monoisotopic (exact) mass is 392 g/mol. The van der Waals surface area contributed by atoms with E-state index >= 15 is 0 Å². The van der Waals surface area contributed by atoms with Gasteiger partial charge in [-0.15, -0.1) is 0 Å². The average molecular weight is 393 g/mol. The van der Waals surface area contributed by atoms with E-state index in [1.807, 2.05) is 0 Å². The maximum Gasteiger partial charge on any atom is 0.0817 e. The number of benzene rings is 1. The molecule has 0 radical (unpaired) electrons. The van der Waals surface area contributed by atoms with E-state index < -0.39 is 8.07 Å². The van der Waals surface area contributed by atoms with Crippen LogP contribution >= 0.6 is 0 Å². The number of hydrogen-bond donors (Lipinski definition) is 0. The Morgan fingerprint density at radius 1 is 0.621 bits per heavy atom. The van der Waals surface area contributed by atoms with Gasteiger partial charge in [0.25, 0.3) is 0 Å². The molecular formula is C28H28Si. The minimum absolute atomic E-state index is 0.475. The molecule has 1 aromatic rings. The van der Waals surface area contributed by atoms with Gasteiger partial charge in [0.15, 0.2) is 0 Å². The molecule has 0 bridgehead atoms. The van der Waals surface area contributed by atoms with Crippen LogP contribution in [0.25, 0.3) is 10.8 Å². The Bertz CT molecular complexity index is 1130. The molecule has 5 unspecified atom stereocenters. The van der Waals surface area contributed by atoms with Gasteiger partial charge in [0, 0.05) is 5.92 Å².